The fourth-order valence-electron chi connectivity index (χ4n) is 2.61. The van der Waals surface area contributed by atoms with E-state index in [4.69, 9.17) is 4.42 Å². The van der Waals surface area contributed by atoms with Crippen molar-refractivity contribution in [2.24, 2.45) is 0 Å². The molecular formula is C15H14N2O4. The SMILES string of the molecule is O=C(NC1CCCc2occc21)c1ccc([N+](=O)[O-])cc1. The first kappa shape index (κ1) is 13.4. The smallest absolute Gasteiger partial charge is 0.269 e. The lowest BCUT2D eigenvalue weighted by molar-refractivity contribution is -0.384. The maximum Gasteiger partial charge on any atom is 0.269 e. The second kappa shape index (κ2) is 5.40. The molecule has 1 aromatic carbocycles. The van der Waals surface area contributed by atoms with Crippen LogP contribution in [0.2, 0.25) is 0 Å². The van der Waals surface area contributed by atoms with Crippen LogP contribution in [0.1, 0.15) is 40.6 Å². The Morgan fingerprint density at radius 3 is 2.76 bits per heavy atom. The molecule has 3 rings (SSSR count). The lowest BCUT2D eigenvalue weighted by atomic mass is 9.93. The zero-order valence-electron chi connectivity index (χ0n) is 11.2. The lowest BCUT2D eigenvalue weighted by Crippen LogP contribution is -2.30. The summed E-state index contributed by atoms with van der Waals surface area (Å²) >= 11 is 0. The van der Waals surface area contributed by atoms with E-state index in [2.05, 4.69) is 5.32 Å². The molecule has 6 heteroatoms. The van der Waals surface area contributed by atoms with E-state index in [1.54, 1.807) is 6.26 Å². The van der Waals surface area contributed by atoms with Crippen molar-refractivity contribution in [3.63, 3.8) is 0 Å². The molecule has 0 saturated carbocycles. The first-order valence-corrected chi connectivity index (χ1v) is 6.77. The highest BCUT2D eigenvalue weighted by Gasteiger charge is 2.24. The zero-order valence-corrected chi connectivity index (χ0v) is 11.2. The van der Waals surface area contributed by atoms with Crippen LogP contribution in [0.3, 0.4) is 0 Å². The number of non-ortho nitro benzene ring substituents is 1. The van der Waals surface area contributed by atoms with Crippen LogP contribution in [0, 0.1) is 10.1 Å². The fourth-order valence-corrected chi connectivity index (χ4v) is 2.61. The number of aryl methyl sites for hydroxylation is 1. The number of carbonyl (C=O) groups excluding carboxylic acids is 1. The summed E-state index contributed by atoms with van der Waals surface area (Å²) in [6, 6.07) is 7.42. The third-order valence-electron chi connectivity index (χ3n) is 3.70. The molecule has 6 nitrogen and oxygen atoms in total. The van der Waals surface area contributed by atoms with E-state index in [0.717, 1.165) is 30.6 Å². The maximum atomic E-state index is 12.2. The molecule has 0 fully saturated rings. The molecule has 1 N–H and O–H groups in total. The molecule has 2 aromatic rings. The van der Waals surface area contributed by atoms with Crippen molar-refractivity contribution in [1.82, 2.24) is 5.32 Å². The summed E-state index contributed by atoms with van der Waals surface area (Å²) < 4.78 is 5.39. The number of amides is 1. The van der Waals surface area contributed by atoms with Gasteiger partial charge in [0.15, 0.2) is 0 Å². The Morgan fingerprint density at radius 2 is 2.05 bits per heavy atom. The van der Waals surface area contributed by atoms with E-state index in [1.165, 1.54) is 24.3 Å². The minimum absolute atomic E-state index is 0.0265. The average molecular weight is 286 g/mol. The number of hydrogen-bond donors (Lipinski definition) is 1. The van der Waals surface area contributed by atoms with Gasteiger partial charge in [0.25, 0.3) is 11.6 Å². The van der Waals surface area contributed by atoms with Gasteiger partial charge in [-0.05, 0) is 31.0 Å². The Balaban J connectivity index is 1.74. The van der Waals surface area contributed by atoms with E-state index < -0.39 is 4.92 Å². The molecule has 1 heterocycles. The number of fused-ring (bicyclic) bond motifs is 1. The van der Waals surface area contributed by atoms with Crippen LogP contribution < -0.4 is 5.32 Å². The van der Waals surface area contributed by atoms with E-state index in [9.17, 15) is 14.9 Å². The first-order chi connectivity index (χ1) is 10.1. The van der Waals surface area contributed by atoms with Crippen molar-refractivity contribution < 1.29 is 14.1 Å². The number of rotatable bonds is 3. The van der Waals surface area contributed by atoms with Crippen LogP contribution in [-0.2, 0) is 6.42 Å². The number of benzene rings is 1. The monoisotopic (exact) mass is 286 g/mol. The normalized spacial score (nSPS) is 17.0. The van der Waals surface area contributed by atoms with Gasteiger partial charge in [0.1, 0.15) is 5.76 Å². The topological polar surface area (TPSA) is 85.4 Å². The third kappa shape index (κ3) is 2.65. The van der Waals surface area contributed by atoms with E-state index in [1.807, 2.05) is 6.07 Å². The summed E-state index contributed by atoms with van der Waals surface area (Å²) in [5, 5.41) is 13.6. The first-order valence-electron chi connectivity index (χ1n) is 6.77. The van der Waals surface area contributed by atoms with Gasteiger partial charge in [-0.25, -0.2) is 0 Å². The molecule has 1 aromatic heterocycles. The number of hydrogen-bond acceptors (Lipinski definition) is 4. The second-order valence-corrected chi connectivity index (χ2v) is 5.02. The Morgan fingerprint density at radius 1 is 1.29 bits per heavy atom. The molecule has 1 aliphatic rings. The largest absolute Gasteiger partial charge is 0.469 e. The molecule has 0 radical (unpaired) electrons. The fraction of sp³-hybridized carbons (Fsp3) is 0.267. The predicted octanol–water partition coefficient (Wildman–Crippen LogP) is 3.00. The molecule has 1 amide bonds. The highest BCUT2D eigenvalue weighted by Crippen LogP contribution is 2.30. The van der Waals surface area contributed by atoms with Gasteiger partial charge in [0.2, 0.25) is 0 Å². The molecule has 1 atom stereocenters. The highest BCUT2D eigenvalue weighted by molar-refractivity contribution is 5.94. The van der Waals surface area contributed by atoms with Crippen LogP contribution in [-0.4, -0.2) is 10.8 Å². The standard InChI is InChI=1S/C15H14N2O4/c18-15(10-4-6-11(7-5-10)17(19)20)16-13-2-1-3-14-12(13)8-9-21-14/h4-9,13H,1-3H2,(H,16,18). The van der Waals surface area contributed by atoms with Gasteiger partial charge in [0.05, 0.1) is 17.2 Å². The quantitative estimate of drug-likeness (QED) is 0.694. The maximum absolute atomic E-state index is 12.2. The zero-order chi connectivity index (χ0) is 14.8. The molecule has 1 aliphatic carbocycles. The summed E-state index contributed by atoms with van der Waals surface area (Å²) in [6.45, 7) is 0. The van der Waals surface area contributed by atoms with E-state index in [0.29, 0.717) is 5.56 Å². The summed E-state index contributed by atoms with van der Waals surface area (Å²) in [5.41, 5.74) is 1.41. The molecule has 21 heavy (non-hydrogen) atoms. The van der Waals surface area contributed by atoms with Gasteiger partial charge in [-0.15, -0.1) is 0 Å². The molecule has 108 valence electrons. The van der Waals surface area contributed by atoms with Gasteiger partial charge in [-0.2, -0.15) is 0 Å². The third-order valence-corrected chi connectivity index (χ3v) is 3.70. The summed E-state index contributed by atoms with van der Waals surface area (Å²) in [6.07, 6.45) is 4.37. The van der Waals surface area contributed by atoms with Gasteiger partial charge in [0, 0.05) is 29.7 Å². The average Bonchev–Trinajstić information content (AvgIpc) is 2.97. The van der Waals surface area contributed by atoms with Crippen molar-refractivity contribution in [1.29, 1.82) is 0 Å². The number of nitro groups is 1. The summed E-state index contributed by atoms with van der Waals surface area (Å²) in [5.74, 6) is 0.694. The minimum atomic E-state index is -0.486. The van der Waals surface area contributed by atoms with Crippen molar-refractivity contribution in [3.8, 4) is 0 Å². The lowest BCUT2D eigenvalue weighted by Gasteiger charge is -2.22. The van der Waals surface area contributed by atoms with Gasteiger partial charge in [-0.3, -0.25) is 14.9 Å². The Kier molecular flexibility index (Phi) is 3.43. The second-order valence-electron chi connectivity index (χ2n) is 5.02. The molecule has 0 spiro atoms. The highest BCUT2D eigenvalue weighted by atomic mass is 16.6. The van der Waals surface area contributed by atoms with Crippen LogP contribution in [0.4, 0.5) is 5.69 Å². The van der Waals surface area contributed by atoms with Crippen molar-refractivity contribution in [3.05, 3.63) is 63.6 Å². The molecule has 0 saturated heterocycles. The minimum Gasteiger partial charge on any atom is -0.469 e. The van der Waals surface area contributed by atoms with Crippen LogP contribution in [0.5, 0.6) is 0 Å². The molecule has 0 aliphatic heterocycles. The molecular weight excluding hydrogens is 272 g/mol. The number of carbonyl (C=O) groups is 1. The van der Waals surface area contributed by atoms with E-state index in [-0.39, 0.29) is 17.6 Å². The van der Waals surface area contributed by atoms with Gasteiger partial charge >= 0.3 is 0 Å². The Bertz CT molecular complexity index is 675. The van der Waals surface area contributed by atoms with Crippen LogP contribution in [0.25, 0.3) is 0 Å². The summed E-state index contributed by atoms with van der Waals surface area (Å²) in [4.78, 5) is 22.3. The predicted molar refractivity (Wildman–Crippen MR) is 74.9 cm³/mol. The number of nitro benzene ring substituents is 1. The van der Waals surface area contributed by atoms with Crippen molar-refractivity contribution >= 4 is 11.6 Å². The Labute approximate surface area is 120 Å². The summed E-state index contributed by atoms with van der Waals surface area (Å²) in [7, 11) is 0. The van der Waals surface area contributed by atoms with Crippen LogP contribution >= 0.6 is 0 Å². The van der Waals surface area contributed by atoms with E-state index >= 15 is 0 Å². The number of nitrogens with one attached hydrogen (secondary N) is 1. The van der Waals surface area contributed by atoms with Crippen LogP contribution in [0.15, 0.2) is 41.0 Å². The molecule has 0 bridgehead atoms. The van der Waals surface area contributed by atoms with Crippen molar-refractivity contribution in [2.45, 2.75) is 25.3 Å². The van der Waals surface area contributed by atoms with Gasteiger partial charge in [-0.1, -0.05) is 0 Å². The van der Waals surface area contributed by atoms with Crippen molar-refractivity contribution in [2.75, 3.05) is 0 Å². The Hall–Kier alpha value is -2.63. The number of furan rings is 1. The molecule has 1 unspecified atom stereocenters. The number of nitrogens with zero attached hydrogens (tertiary/aromatic N) is 1. The van der Waals surface area contributed by atoms with Gasteiger partial charge < -0.3 is 9.73 Å².